The van der Waals surface area contributed by atoms with E-state index in [1.165, 1.54) is 0 Å². The molecular formula is C17H21N5O. The van der Waals surface area contributed by atoms with Crippen molar-refractivity contribution < 1.29 is 4.79 Å². The Morgan fingerprint density at radius 2 is 2.22 bits per heavy atom. The molecule has 2 aromatic rings. The number of hydrogen-bond donors (Lipinski definition) is 2. The summed E-state index contributed by atoms with van der Waals surface area (Å²) in [7, 11) is 0. The van der Waals surface area contributed by atoms with Crippen molar-refractivity contribution in [2.24, 2.45) is 5.73 Å². The number of piperidine rings is 1. The summed E-state index contributed by atoms with van der Waals surface area (Å²) >= 11 is 0. The lowest BCUT2D eigenvalue weighted by atomic mass is 10.0. The summed E-state index contributed by atoms with van der Waals surface area (Å²) in [5.41, 5.74) is 14.3. The van der Waals surface area contributed by atoms with E-state index in [1.54, 1.807) is 30.7 Å². The molecule has 0 aromatic carbocycles. The van der Waals surface area contributed by atoms with Gasteiger partial charge in [-0.3, -0.25) is 9.78 Å². The van der Waals surface area contributed by atoms with Gasteiger partial charge in [-0.2, -0.15) is 0 Å². The number of nitrogen functional groups attached to an aromatic ring is 1. The number of Topliss-reactive ketones (excluding diaryl/α,β-unsaturated/α-hetero) is 1. The van der Waals surface area contributed by atoms with Gasteiger partial charge in [0.25, 0.3) is 0 Å². The summed E-state index contributed by atoms with van der Waals surface area (Å²) in [6.45, 7) is 1.76. The average Bonchev–Trinajstić information content (AvgIpc) is 2.55. The Bertz CT molecular complexity index is 703. The van der Waals surface area contributed by atoms with Gasteiger partial charge < -0.3 is 16.4 Å². The lowest BCUT2D eigenvalue weighted by molar-refractivity contribution is 0.0993. The van der Waals surface area contributed by atoms with Crippen LogP contribution in [0, 0.1) is 0 Å². The summed E-state index contributed by atoms with van der Waals surface area (Å²) in [6, 6.07) is 5.55. The molecule has 2 aromatic heterocycles. The zero-order valence-electron chi connectivity index (χ0n) is 13.0. The van der Waals surface area contributed by atoms with E-state index in [1.807, 2.05) is 6.07 Å². The lowest BCUT2D eigenvalue weighted by Crippen LogP contribution is -2.43. The molecule has 1 unspecified atom stereocenters. The first kappa shape index (κ1) is 15.4. The molecule has 1 atom stereocenters. The molecule has 23 heavy (non-hydrogen) atoms. The Labute approximate surface area is 135 Å². The molecule has 120 valence electrons. The summed E-state index contributed by atoms with van der Waals surface area (Å²) in [5.74, 6) is 0.217. The number of carbonyl (C=O) groups is 1. The maximum absolute atomic E-state index is 12.5. The predicted molar refractivity (Wildman–Crippen MR) is 90.3 cm³/mol. The number of rotatable bonds is 4. The van der Waals surface area contributed by atoms with Gasteiger partial charge in [0.2, 0.25) is 0 Å². The van der Waals surface area contributed by atoms with E-state index in [0.29, 0.717) is 5.56 Å². The molecule has 4 N–H and O–H groups in total. The molecule has 0 bridgehead atoms. The van der Waals surface area contributed by atoms with Crippen molar-refractivity contribution in [3.8, 4) is 0 Å². The van der Waals surface area contributed by atoms with Crippen LogP contribution in [0.4, 0.5) is 11.5 Å². The number of ketones is 1. The van der Waals surface area contributed by atoms with Gasteiger partial charge in [0.05, 0.1) is 5.56 Å². The summed E-state index contributed by atoms with van der Waals surface area (Å²) < 4.78 is 0. The van der Waals surface area contributed by atoms with Crippen molar-refractivity contribution in [1.82, 2.24) is 9.97 Å². The third kappa shape index (κ3) is 3.48. The fourth-order valence-corrected chi connectivity index (χ4v) is 3.01. The van der Waals surface area contributed by atoms with Crippen molar-refractivity contribution in [1.29, 1.82) is 0 Å². The summed E-state index contributed by atoms with van der Waals surface area (Å²) in [5, 5.41) is 0. The molecule has 0 radical (unpaired) electrons. The average molecular weight is 311 g/mol. The Hall–Kier alpha value is -2.47. The van der Waals surface area contributed by atoms with E-state index in [0.717, 1.165) is 37.2 Å². The third-order valence-electron chi connectivity index (χ3n) is 4.17. The van der Waals surface area contributed by atoms with Gasteiger partial charge in [0.15, 0.2) is 5.78 Å². The molecule has 6 nitrogen and oxygen atoms in total. The number of anilines is 2. The van der Waals surface area contributed by atoms with Crippen LogP contribution in [0.25, 0.3) is 0 Å². The third-order valence-corrected chi connectivity index (χ3v) is 4.17. The fraction of sp³-hybridized carbons (Fsp3) is 0.353. The Kier molecular flexibility index (Phi) is 4.52. The van der Waals surface area contributed by atoms with Crippen LogP contribution in [0.1, 0.15) is 28.8 Å². The standard InChI is InChI=1S/C17H21N5O/c18-13-3-2-8-22(11-13)15-5-7-20-10-12(15)9-16(23)14-4-1-6-21-17(14)19/h1,4-7,10,13H,2-3,8-9,11,18H2,(H2,19,21). The first-order valence-corrected chi connectivity index (χ1v) is 7.82. The molecule has 0 amide bonds. The molecule has 1 aliphatic heterocycles. The first-order valence-electron chi connectivity index (χ1n) is 7.82. The van der Waals surface area contributed by atoms with E-state index in [4.69, 9.17) is 11.5 Å². The second-order valence-corrected chi connectivity index (χ2v) is 5.89. The van der Waals surface area contributed by atoms with Crippen molar-refractivity contribution >= 4 is 17.3 Å². The predicted octanol–water partition coefficient (Wildman–Crippen LogP) is 1.41. The van der Waals surface area contributed by atoms with Crippen LogP contribution in [0.2, 0.25) is 0 Å². The van der Waals surface area contributed by atoms with E-state index in [9.17, 15) is 4.79 Å². The summed E-state index contributed by atoms with van der Waals surface area (Å²) in [6.07, 6.45) is 7.44. The molecule has 0 spiro atoms. The van der Waals surface area contributed by atoms with Gasteiger partial charge in [0, 0.05) is 55.4 Å². The smallest absolute Gasteiger partial charge is 0.171 e. The Morgan fingerprint density at radius 3 is 3.00 bits per heavy atom. The van der Waals surface area contributed by atoms with Crippen molar-refractivity contribution in [2.45, 2.75) is 25.3 Å². The highest BCUT2D eigenvalue weighted by Crippen LogP contribution is 2.24. The minimum atomic E-state index is -0.0499. The second kappa shape index (κ2) is 6.75. The number of carbonyl (C=O) groups excluding carboxylic acids is 1. The Morgan fingerprint density at radius 1 is 1.35 bits per heavy atom. The van der Waals surface area contributed by atoms with Crippen molar-refractivity contribution in [3.63, 3.8) is 0 Å². The molecule has 6 heteroatoms. The number of nitrogens with zero attached hydrogens (tertiary/aromatic N) is 3. The van der Waals surface area contributed by atoms with E-state index in [2.05, 4.69) is 14.9 Å². The van der Waals surface area contributed by atoms with Crippen LogP contribution < -0.4 is 16.4 Å². The molecule has 0 saturated carbocycles. The van der Waals surface area contributed by atoms with Gasteiger partial charge in [-0.1, -0.05) is 0 Å². The van der Waals surface area contributed by atoms with Crippen LogP contribution >= 0.6 is 0 Å². The quantitative estimate of drug-likeness (QED) is 0.829. The van der Waals surface area contributed by atoms with E-state index in [-0.39, 0.29) is 24.1 Å². The molecule has 1 fully saturated rings. The van der Waals surface area contributed by atoms with E-state index < -0.39 is 0 Å². The van der Waals surface area contributed by atoms with Crippen LogP contribution in [0.5, 0.6) is 0 Å². The minimum Gasteiger partial charge on any atom is -0.383 e. The van der Waals surface area contributed by atoms with Gasteiger partial charge >= 0.3 is 0 Å². The molecule has 0 aliphatic carbocycles. The van der Waals surface area contributed by atoms with Crippen LogP contribution in [0.15, 0.2) is 36.8 Å². The number of hydrogen-bond acceptors (Lipinski definition) is 6. The monoisotopic (exact) mass is 311 g/mol. The molecular weight excluding hydrogens is 290 g/mol. The molecule has 1 saturated heterocycles. The number of pyridine rings is 2. The molecule has 3 heterocycles. The lowest BCUT2D eigenvalue weighted by Gasteiger charge is -2.33. The largest absolute Gasteiger partial charge is 0.383 e. The van der Waals surface area contributed by atoms with Gasteiger partial charge in [-0.05, 0) is 31.0 Å². The van der Waals surface area contributed by atoms with Crippen LogP contribution in [0.3, 0.4) is 0 Å². The van der Waals surface area contributed by atoms with Crippen LogP contribution in [-0.2, 0) is 6.42 Å². The fourth-order valence-electron chi connectivity index (χ4n) is 3.01. The normalized spacial score (nSPS) is 18.0. The van der Waals surface area contributed by atoms with Gasteiger partial charge in [0.1, 0.15) is 5.82 Å². The summed E-state index contributed by atoms with van der Waals surface area (Å²) in [4.78, 5) is 22.9. The second-order valence-electron chi connectivity index (χ2n) is 5.89. The van der Waals surface area contributed by atoms with E-state index >= 15 is 0 Å². The topological polar surface area (TPSA) is 98.1 Å². The number of nitrogens with two attached hydrogens (primary N) is 2. The first-order chi connectivity index (χ1) is 11.1. The van der Waals surface area contributed by atoms with Crippen LogP contribution in [-0.4, -0.2) is 34.9 Å². The highest BCUT2D eigenvalue weighted by atomic mass is 16.1. The highest BCUT2D eigenvalue weighted by molar-refractivity contribution is 6.01. The zero-order chi connectivity index (χ0) is 16.2. The molecule has 1 aliphatic rings. The number of aromatic nitrogens is 2. The SMILES string of the molecule is Nc1ncccc1C(=O)Cc1cnccc1N1CCCC(N)C1. The zero-order valence-corrected chi connectivity index (χ0v) is 13.0. The van der Waals surface area contributed by atoms with Gasteiger partial charge in [-0.25, -0.2) is 4.98 Å². The minimum absolute atomic E-state index is 0.0499. The maximum Gasteiger partial charge on any atom is 0.171 e. The van der Waals surface area contributed by atoms with Crippen molar-refractivity contribution in [2.75, 3.05) is 23.7 Å². The van der Waals surface area contributed by atoms with Gasteiger partial charge in [-0.15, -0.1) is 0 Å². The maximum atomic E-state index is 12.5. The van der Waals surface area contributed by atoms with Crippen molar-refractivity contribution in [3.05, 3.63) is 47.9 Å². The molecule has 3 rings (SSSR count). The Balaban J connectivity index is 1.83. The highest BCUT2D eigenvalue weighted by Gasteiger charge is 2.21.